The molecule has 0 aliphatic rings. The van der Waals surface area contributed by atoms with Gasteiger partial charge >= 0.3 is 0 Å². The summed E-state index contributed by atoms with van der Waals surface area (Å²) >= 11 is 5.93. The quantitative estimate of drug-likeness (QED) is 0.217. The van der Waals surface area contributed by atoms with E-state index in [1.165, 1.54) is 0 Å². The number of rotatable bonds is 4. The summed E-state index contributed by atoms with van der Waals surface area (Å²) in [5, 5.41) is 16.2. The molecule has 0 atom stereocenters. The summed E-state index contributed by atoms with van der Waals surface area (Å²) < 4.78 is 0. The van der Waals surface area contributed by atoms with Crippen LogP contribution >= 0.6 is 11.6 Å². The van der Waals surface area contributed by atoms with Crippen molar-refractivity contribution in [3.8, 4) is 11.3 Å². The Morgan fingerprint density at radius 1 is 0.903 bits per heavy atom. The van der Waals surface area contributed by atoms with Crippen molar-refractivity contribution in [2.24, 2.45) is 5.10 Å². The smallest absolute Gasteiger partial charge is 0.272 e. The molecule has 5 rings (SSSR count). The molecule has 0 saturated carbocycles. The van der Waals surface area contributed by atoms with Crippen LogP contribution in [0.4, 0.5) is 0 Å². The molecule has 0 spiro atoms. The molecular formula is C25H17ClN4O. The number of amides is 1. The van der Waals surface area contributed by atoms with Crippen molar-refractivity contribution >= 4 is 45.3 Å². The SMILES string of the molecule is O=C(N/N=C/c1c2ccccc2cc2ccccc12)c1cc(-c2ccc(Cl)cc2)n[nH]1. The molecule has 1 heterocycles. The Morgan fingerprint density at radius 3 is 2.23 bits per heavy atom. The zero-order valence-corrected chi connectivity index (χ0v) is 17.1. The number of hydrazone groups is 1. The first-order valence-electron chi connectivity index (χ1n) is 9.74. The van der Waals surface area contributed by atoms with Gasteiger partial charge in [0, 0.05) is 16.1 Å². The highest BCUT2D eigenvalue weighted by Gasteiger charge is 2.11. The molecule has 1 amide bonds. The van der Waals surface area contributed by atoms with Crippen molar-refractivity contribution in [2.45, 2.75) is 0 Å². The Balaban J connectivity index is 1.41. The van der Waals surface area contributed by atoms with Gasteiger partial charge in [-0.05, 0) is 45.8 Å². The molecule has 0 radical (unpaired) electrons. The Bertz CT molecular complexity index is 1380. The van der Waals surface area contributed by atoms with Crippen molar-refractivity contribution < 1.29 is 4.79 Å². The minimum Gasteiger partial charge on any atom is -0.272 e. The highest BCUT2D eigenvalue weighted by atomic mass is 35.5. The summed E-state index contributed by atoms with van der Waals surface area (Å²) in [6.07, 6.45) is 1.69. The highest BCUT2D eigenvalue weighted by molar-refractivity contribution is 6.30. The summed E-state index contributed by atoms with van der Waals surface area (Å²) in [5.41, 5.74) is 5.40. The van der Waals surface area contributed by atoms with Crippen LogP contribution < -0.4 is 5.43 Å². The predicted octanol–water partition coefficient (Wildman–Crippen LogP) is 5.80. The lowest BCUT2D eigenvalue weighted by molar-refractivity contribution is 0.0950. The van der Waals surface area contributed by atoms with E-state index in [2.05, 4.69) is 51.1 Å². The van der Waals surface area contributed by atoms with E-state index in [1.807, 2.05) is 36.4 Å². The summed E-state index contributed by atoms with van der Waals surface area (Å²) in [5.74, 6) is -0.367. The predicted molar refractivity (Wildman–Crippen MR) is 126 cm³/mol. The molecule has 2 N–H and O–H groups in total. The van der Waals surface area contributed by atoms with Crippen molar-refractivity contribution in [3.63, 3.8) is 0 Å². The van der Waals surface area contributed by atoms with Gasteiger partial charge in [0.1, 0.15) is 5.69 Å². The van der Waals surface area contributed by atoms with Crippen LogP contribution in [0.1, 0.15) is 16.1 Å². The number of aromatic amines is 1. The van der Waals surface area contributed by atoms with Gasteiger partial charge in [0.2, 0.25) is 0 Å². The third-order valence-electron chi connectivity index (χ3n) is 5.14. The molecule has 4 aromatic carbocycles. The van der Waals surface area contributed by atoms with Crippen LogP contribution in [-0.4, -0.2) is 22.3 Å². The van der Waals surface area contributed by atoms with Crippen LogP contribution in [0.3, 0.4) is 0 Å². The van der Waals surface area contributed by atoms with Crippen molar-refractivity contribution in [1.82, 2.24) is 15.6 Å². The molecule has 31 heavy (non-hydrogen) atoms. The third kappa shape index (κ3) is 3.79. The lowest BCUT2D eigenvalue weighted by Crippen LogP contribution is -2.18. The summed E-state index contributed by atoms with van der Waals surface area (Å²) in [7, 11) is 0. The number of benzene rings is 4. The topological polar surface area (TPSA) is 70.1 Å². The van der Waals surface area contributed by atoms with E-state index in [9.17, 15) is 4.79 Å². The summed E-state index contributed by atoms with van der Waals surface area (Å²) in [4.78, 5) is 12.5. The normalized spacial score (nSPS) is 11.4. The van der Waals surface area contributed by atoms with E-state index >= 15 is 0 Å². The van der Waals surface area contributed by atoms with Crippen LogP contribution in [0.2, 0.25) is 5.02 Å². The molecular weight excluding hydrogens is 408 g/mol. The second kappa shape index (κ2) is 8.05. The van der Waals surface area contributed by atoms with E-state index in [1.54, 1.807) is 24.4 Å². The molecule has 0 saturated heterocycles. The van der Waals surface area contributed by atoms with Crippen molar-refractivity contribution in [1.29, 1.82) is 0 Å². The Morgan fingerprint density at radius 2 is 1.55 bits per heavy atom. The van der Waals surface area contributed by atoms with Gasteiger partial charge in [-0.1, -0.05) is 72.3 Å². The van der Waals surface area contributed by atoms with Gasteiger partial charge in [0.15, 0.2) is 0 Å². The number of hydrogen-bond donors (Lipinski definition) is 2. The van der Waals surface area contributed by atoms with Crippen LogP contribution in [0.25, 0.3) is 32.8 Å². The number of H-pyrrole nitrogens is 1. The number of aromatic nitrogens is 2. The number of carbonyl (C=O) groups is 1. The molecule has 0 aliphatic carbocycles. The fraction of sp³-hybridized carbons (Fsp3) is 0. The standard InChI is InChI=1S/C25H17ClN4O/c26-19-11-9-16(10-12-19)23-14-24(29-28-23)25(31)30-27-15-22-20-7-3-1-5-17(20)13-18-6-2-4-8-21(18)22/h1-15H,(H,28,29)(H,30,31)/b27-15+. The summed E-state index contributed by atoms with van der Waals surface area (Å²) in [6.45, 7) is 0. The average Bonchev–Trinajstić information content (AvgIpc) is 3.29. The van der Waals surface area contributed by atoms with Gasteiger partial charge in [-0.3, -0.25) is 9.89 Å². The van der Waals surface area contributed by atoms with Gasteiger partial charge in [-0.25, -0.2) is 5.43 Å². The first-order chi connectivity index (χ1) is 15.2. The maximum Gasteiger partial charge on any atom is 0.289 e. The first kappa shape index (κ1) is 19.0. The van der Waals surface area contributed by atoms with Crippen LogP contribution in [0.5, 0.6) is 0 Å². The molecule has 0 aliphatic heterocycles. The number of hydrogen-bond acceptors (Lipinski definition) is 3. The van der Waals surface area contributed by atoms with Gasteiger partial charge in [0.05, 0.1) is 11.9 Å². The molecule has 1 aromatic heterocycles. The van der Waals surface area contributed by atoms with E-state index in [0.29, 0.717) is 16.4 Å². The maximum absolute atomic E-state index is 12.5. The molecule has 0 unspecified atom stereocenters. The lowest BCUT2D eigenvalue weighted by Gasteiger charge is -2.07. The Hall–Kier alpha value is -3.96. The van der Waals surface area contributed by atoms with Crippen LogP contribution in [0, 0.1) is 0 Å². The second-order valence-corrected chi connectivity index (χ2v) is 7.54. The molecule has 150 valence electrons. The van der Waals surface area contributed by atoms with Crippen LogP contribution in [-0.2, 0) is 0 Å². The van der Waals surface area contributed by atoms with E-state index < -0.39 is 0 Å². The molecule has 5 aromatic rings. The van der Waals surface area contributed by atoms with Gasteiger partial charge in [0.25, 0.3) is 5.91 Å². The molecule has 0 fully saturated rings. The fourth-order valence-electron chi connectivity index (χ4n) is 3.61. The molecule has 5 nitrogen and oxygen atoms in total. The van der Waals surface area contributed by atoms with E-state index in [4.69, 9.17) is 11.6 Å². The maximum atomic E-state index is 12.5. The average molecular weight is 425 g/mol. The monoisotopic (exact) mass is 424 g/mol. The van der Waals surface area contributed by atoms with Crippen molar-refractivity contribution in [2.75, 3.05) is 0 Å². The fourth-order valence-corrected chi connectivity index (χ4v) is 3.74. The van der Waals surface area contributed by atoms with Crippen LogP contribution in [0.15, 0.2) is 90.0 Å². The zero-order chi connectivity index (χ0) is 21.2. The second-order valence-electron chi connectivity index (χ2n) is 7.11. The number of halogens is 1. The van der Waals surface area contributed by atoms with Gasteiger partial charge in [-0.2, -0.15) is 10.2 Å². The first-order valence-corrected chi connectivity index (χ1v) is 10.1. The lowest BCUT2D eigenvalue weighted by atomic mass is 9.97. The van der Waals surface area contributed by atoms with Gasteiger partial charge in [-0.15, -0.1) is 0 Å². The number of nitrogens with one attached hydrogen (secondary N) is 2. The third-order valence-corrected chi connectivity index (χ3v) is 5.39. The largest absolute Gasteiger partial charge is 0.289 e. The Labute approximate surface area is 183 Å². The summed E-state index contributed by atoms with van der Waals surface area (Å²) in [6, 6.07) is 27.4. The van der Waals surface area contributed by atoms with Crippen molar-refractivity contribution in [3.05, 3.63) is 101 Å². The van der Waals surface area contributed by atoms with E-state index in [0.717, 1.165) is 32.7 Å². The number of nitrogens with zero attached hydrogens (tertiary/aromatic N) is 2. The molecule has 0 bridgehead atoms. The highest BCUT2D eigenvalue weighted by Crippen LogP contribution is 2.27. The minimum atomic E-state index is -0.367. The molecule has 6 heteroatoms. The van der Waals surface area contributed by atoms with Gasteiger partial charge < -0.3 is 0 Å². The zero-order valence-electron chi connectivity index (χ0n) is 16.3. The number of fused-ring (bicyclic) bond motifs is 2. The minimum absolute atomic E-state index is 0.324. The number of carbonyl (C=O) groups excluding carboxylic acids is 1. The Kier molecular flexibility index (Phi) is 4.94. The van der Waals surface area contributed by atoms with E-state index in [-0.39, 0.29) is 5.91 Å².